The third kappa shape index (κ3) is 1.29. The second-order valence-electron chi connectivity index (χ2n) is 4.22. The van der Waals surface area contributed by atoms with Crippen molar-refractivity contribution in [2.24, 2.45) is 11.8 Å². The fourth-order valence-electron chi connectivity index (χ4n) is 2.78. The van der Waals surface area contributed by atoms with Crippen LogP contribution in [0.1, 0.15) is 19.3 Å². The molecule has 0 heterocycles. The van der Waals surface area contributed by atoms with E-state index in [0.29, 0.717) is 0 Å². The molecule has 13 heavy (non-hydrogen) atoms. The van der Waals surface area contributed by atoms with Gasteiger partial charge >= 0.3 is 0 Å². The molecule has 2 aliphatic rings. The van der Waals surface area contributed by atoms with Gasteiger partial charge in [-0.15, -0.1) is 0 Å². The van der Waals surface area contributed by atoms with E-state index in [1.54, 1.807) is 0 Å². The van der Waals surface area contributed by atoms with Gasteiger partial charge in [-0.1, -0.05) is 6.42 Å². The van der Waals surface area contributed by atoms with Crippen LogP contribution >= 0.6 is 0 Å². The van der Waals surface area contributed by atoms with E-state index in [-0.39, 0.29) is 11.8 Å². The average Bonchev–Trinajstić information content (AvgIpc) is 2.59. The Balaban J connectivity index is 2.19. The van der Waals surface area contributed by atoms with E-state index < -0.39 is 24.4 Å². The highest BCUT2D eigenvalue weighted by molar-refractivity contribution is 5.00. The SMILES string of the molecule is OC1C(O)C(O)C2CCCC2C1O. The van der Waals surface area contributed by atoms with Gasteiger partial charge in [0.05, 0.1) is 12.2 Å². The summed E-state index contributed by atoms with van der Waals surface area (Å²) in [5.74, 6) is -0.0678. The lowest BCUT2D eigenvalue weighted by atomic mass is 9.74. The highest BCUT2D eigenvalue weighted by Gasteiger charge is 2.49. The van der Waals surface area contributed by atoms with Crippen molar-refractivity contribution >= 4 is 0 Å². The molecule has 0 saturated heterocycles. The fourth-order valence-corrected chi connectivity index (χ4v) is 2.78. The van der Waals surface area contributed by atoms with Crippen LogP contribution in [-0.2, 0) is 0 Å². The molecule has 0 aliphatic heterocycles. The Kier molecular flexibility index (Phi) is 2.32. The van der Waals surface area contributed by atoms with E-state index in [4.69, 9.17) is 0 Å². The van der Waals surface area contributed by atoms with Crippen LogP contribution < -0.4 is 0 Å². The maximum absolute atomic E-state index is 9.61. The first kappa shape index (κ1) is 9.40. The van der Waals surface area contributed by atoms with Crippen LogP contribution in [0.3, 0.4) is 0 Å². The van der Waals surface area contributed by atoms with Gasteiger partial charge in [0.15, 0.2) is 0 Å². The highest BCUT2D eigenvalue weighted by atomic mass is 16.4. The zero-order chi connectivity index (χ0) is 9.59. The zero-order valence-corrected chi connectivity index (χ0v) is 7.37. The second-order valence-corrected chi connectivity index (χ2v) is 4.22. The maximum atomic E-state index is 9.61. The molecule has 4 nitrogen and oxygen atoms in total. The summed E-state index contributed by atoms with van der Waals surface area (Å²) in [7, 11) is 0. The number of aliphatic hydroxyl groups excluding tert-OH is 4. The summed E-state index contributed by atoms with van der Waals surface area (Å²) in [6.45, 7) is 0. The predicted octanol–water partition coefficient (Wildman–Crippen LogP) is -1.14. The van der Waals surface area contributed by atoms with Gasteiger partial charge in [-0.2, -0.15) is 0 Å². The Morgan fingerprint density at radius 1 is 0.615 bits per heavy atom. The van der Waals surface area contributed by atoms with Crippen molar-refractivity contribution in [2.45, 2.75) is 43.7 Å². The van der Waals surface area contributed by atoms with Crippen molar-refractivity contribution in [3.63, 3.8) is 0 Å². The minimum Gasteiger partial charge on any atom is -0.390 e. The first-order valence-electron chi connectivity index (χ1n) is 4.85. The molecule has 0 radical (unpaired) electrons. The molecule has 0 spiro atoms. The molecule has 2 rings (SSSR count). The normalized spacial score (nSPS) is 56.3. The van der Waals surface area contributed by atoms with Gasteiger partial charge in [0.2, 0.25) is 0 Å². The van der Waals surface area contributed by atoms with Crippen LogP contribution in [-0.4, -0.2) is 44.8 Å². The summed E-state index contributed by atoms with van der Waals surface area (Å²) in [6.07, 6.45) is -1.47. The van der Waals surface area contributed by atoms with Gasteiger partial charge in [0.25, 0.3) is 0 Å². The average molecular weight is 188 g/mol. The standard InChI is InChI=1S/C9H16O4/c10-6-4-2-1-3-5(4)7(11)9(13)8(6)12/h4-13H,1-3H2. The smallest absolute Gasteiger partial charge is 0.109 e. The first-order valence-corrected chi connectivity index (χ1v) is 4.85. The minimum atomic E-state index is -1.19. The van der Waals surface area contributed by atoms with E-state index in [1.807, 2.05) is 0 Å². The summed E-state index contributed by atoms with van der Waals surface area (Å²) in [6, 6.07) is 0. The molecule has 0 amide bonds. The van der Waals surface area contributed by atoms with Crippen molar-refractivity contribution in [2.75, 3.05) is 0 Å². The van der Waals surface area contributed by atoms with Gasteiger partial charge in [-0.25, -0.2) is 0 Å². The van der Waals surface area contributed by atoms with Gasteiger partial charge in [0.1, 0.15) is 12.2 Å². The first-order chi connectivity index (χ1) is 6.13. The molecular weight excluding hydrogens is 172 g/mol. The molecule has 0 aromatic rings. The van der Waals surface area contributed by atoms with E-state index in [0.717, 1.165) is 19.3 Å². The Hall–Kier alpha value is -0.160. The van der Waals surface area contributed by atoms with E-state index >= 15 is 0 Å². The number of hydrogen-bond donors (Lipinski definition) is 4. The monoisotopic (exact) mass is 188 g/mol. The quantitative estimate of drug-likeness (QED) is 0.387. The third-order valence-corrected chi connectivity index (χ3v) is 3.55. The van der Waals surface area contributed by atoms with Crippen molar-refractivity contribution < 1.29 is 20.4 Å². The number of hydrogen-bond acceptors (Lipinski definition) is 4. The number of aliphatic hydroxyl groups is 4. The maximum Gasteiger partial charge on any atom is 0.109 e. The summed E-state index contributed by atoms with van der Waals surface area (Å²) in [4.78, 5) is 0. The van der Waals surface area contributed by atoms with Crippen LogP contribution in [0.25, 0.3) is 0 Å². The molecule has 4 heteroatoms. The number of fused-ring (bicyclic) bond motifs is 1. The lowest BCUT2D eigenvalue weighted by Crippen LogP contribution is -2.56. The Labute approximate surface area is 76.8 Å². The molecule has 4 N–H and O–H groups in total. The van der Waals surface area contributed by atoms with E-state index in [1.165, 1.54) is 0 Å². The molecule has 0 aromatic heterocycles. The molecule has 2 fully saturated rings. The van der Waals surface area contributed by atoms with Crippen LogP contribution in [0.5, 0.6) is 0 Å². The van der Waals surface area contributed by atoms with Crippen LogP contribution in [0.4, 0.5) is 0 Å². The Morgan fingerprint density at radius 3 is 1.38 bits per heavy atom. The lowest BCUT2D eigenvalue weighted by molar-refractivity contribution is -0.176. The lowest BCUT2D eigenvalue weighted by Gasteiger charge is -2.41. The summed E-state index contributed by atoms with van der Waals surface area (Å²) in [5, 5.41) is 38.0. The molecule has 0 bridgehead atoms. The minimum absolute atomic E-state index is 0.0339. The van der Waals surface area contributed by atoms with Crippen molar-refractivity contribution in [3.05, 3.63) is 0 Å². The topological polar surface area (TPSA) is 80.9 Å². The van der Waals surface area contributed by atoms with E-state index in [2.05, 4.69) is 0 Å². The molecular formula is C9H16O4. The summed E-state index contributed by atoms with van der Waals surface area (Å²) < 4.78 is 0. The largest absolute Gasteiger partial charge is 0.390 e. The summed E-state index contributed by atoms with van der Waals surface area (Å²) >= 11 is 0. The summed E-state index contributed by atoms with van der Waals surface area (Å²) in [5.41, 5.74) is 0. The molecule has 6 atom stereocenters. The van der Waals surface area contributed by atoms with Gasteiger partial charge in [0, 0.05) is 0 Å². The molecule has 0 aromatic carbocycles. The third-order valence-electron chi connectivity index (χ3n) is 3.55. The van der Waals surface area contributed by atoms with Crippen molar-refractivity contribution in [3.8, 4) is 0 Å². The zero-order valence-electron chi connectivity index (χ0n) is 7.37. The van der Waals surface area contributed by atoms with Crippen molar-refractivity contribution in [1.29, 1.82) is 0 Å². The highest BCUT2D eigenvalue weighted by Crippen LogP contribution is 2.42. The molecule has 2 saturated carbocycles. The van der Waals surface area contributed by atoms with Crippen LogP contribution in [0, 0.1) is 11.8 Å². The van der Waals surface area contributed by atoms with Crippen LogP contribution in [0.15, 0.2) is 0 Å². The van der Waals surface area contributed by atoms with Crippen LogP contribution in [0.2, 0.25) is 0 Å². The molecule has 2 aliphatic carbocycles. The number of rotatable bonds is 0. The van der Waals surface area contributed by atoms with E-state index in [9.17, 15) is 20.4 Å². The fraction of sp³-hybridized carbons (Fsp3) is 1.00. The Bertz CT molecular complexity index is 176. The van der Waals surface area contributed by atoms with Crippen molar-refractivity contribution in [1.82, 2.24) is 0 Å². The van der Waals surface area contributed by atoms with Gasteiger partial charge in [-0.3, -0.25) is 0 Å². The second kappa shape index (κ2) is 3.20. The predicted molar refractivity (Wildman–Crippen MR) is 44.9 cm³/mol. The van der Waals surface area contributed by atoms with Gasteiger partial charge < -0.3 is 20.4 Å². The van der Waals surface area contributed by atoms with Gasteiger partial charge in [-0.05, 0) is 24.7 Å². The molecule has 6 unspecified atom stereocenters. The Morgan fingerprint density at radius 2 is 1.00 bits per heavy atom. The molecule has 76 valence electrons.